The SMILES string of the molecule is O=C(O)c1ccc(CNCc2cn3c(n2)CCCC3)cc1. The molecule has 0 saturated heterocycles. The van der Waals surface area contributed by atoms with Gasteiger partial charge in [-0.3, -0.25) is 0 Å². The van der Waals surface area contributed by atoms with Crippen LogP contribution in [-0.2, 0) is 26.1 Å². The first kappa shape index (κ1) is 13.8. The number of nitrogens with zero attached hydrogens (tertiary/aromatic N) is 2. The molecule has 1 aromatic heterocycles. The summed E-state index contributed by atoms with van der Waals surface area (Å²) < 4.78 is 2.25. The van der Waals surface area contributed by atoms with Gasteiger partial charge in [-0.1, -0.05) is 12.1 Å². The summed E-state index contributed by atoms with van der Waals surface area (Å²) in [5, 5.41) is 12.2. The lowest BCUT2D eigenvalue weighted by Crippen LogP contribution is -2.13. The molecule has 5 heteroatoms. The second-order valence-electron chi connectivity index (χ2n) is 5.40. The van der Waals surface area contributed by atoms with Crippen molar-refractivity contribution in [2.45, 2.75) is 38.9 Å². The van der Waals surface area contributed by atoms with Gasteiger partial charge >= 0.3 is 5.97 Å². The number of aromatic nitrogens is 2. The van der Waals surface area contributed by atoms with Crippen LogP contribution in [-0.4, -0.2) is 20.6 Å². The molecular weight excluding hydrogens is 266 g/mol. The first-order chi connectivity index (χ1) is 10.2. The number of carboxylic acids is 1. The van der Waals surface area contributed by atoms with Gasteiger partial charge in [0.15, 0.2) is 0 Å². The van der Waals surface area contributed by atoms with Crippen LogP contribution in [0.4, 0.5) is 0 Å². The minimum Gasteiger partial charge on any atom is -0.478 e. The van der Waals surface area contributed by atoms with Crippen LogP contribution in [0.1, 0.15) is 40.3 Å². The summed E-state index contributed by atoms with van der Waals surface area (Å²) in [6.07, 6.45) is 5.69. The second kappa shape index (κ2) is 6.10. The van der Waals surface area contributed by atoms with E-state index in [0.29, 0.717) is 12.1 Å². The third-order valence-electron chi connectivity index (χ3n) is 3.79. The molecule has 2 heterocycles. The number of aromatic carboxylic acids is 1. The summed E-state index contributed by atoms with van der Waals surface area (Å²) in [5.41, 5.74) is 2.47. The third-order valence-corrected chi connectivity index (χ3v) is 3.79. The molecule has 0 unspecified atom stereocenters. The molecule has 0 amide bonds. The Morgan fingerprint density at radius 2 is 2.05 bits per heavy atom. The summed E-state index contributed by atoms with van der Waals surface area (Å²) in [4.78, 5) is 15.4. The summed E-state index contributed by atoms with van der Waals surface area (Å²) >= 11 is 0. The highest BCUT2D eigenvalue weighted by Gasteiger charge is 2.11. The van der Waals surface area contributed by atoms with E-state index in [2.05, 4.69) is 21.1 Å². The molecule has 0 radical (unpaired) electrons. The fraction of sp³-hybridized carbons (Fsp3) is 0.375. The van der Waals surface area contributed by atoms with Crippen molar-refractivity contribution in [2.24, 2.45) is 0 Å². The van der Waals surface area contributed by atoms with Gasteiger partial charge in [-0.15, -0.1) is 0 Å². The van der Waals surface area contributed by atoms with E-state index in [1.165, 1.54) is 18.7 Å². The zero-order valence-electron chi connectivity index (χ0n) is 11.9. The highest BCUT2D eigenvalue weighted by molar-refractivity contribution is 5.87. The molecule has 0 saturated carbocycles. The predicted octanol–water partition coefficient (Wildman–Crippen LogP) is 2.21. The van der Waals surface area contributed by atoms with Gasteiger partial charge in [0.1, 0.15) is 5.82 Å². The molecular formula is C16H19N3O2. The van der Waals surface area contributed by atoms with E-state index in [1.54, 1.807) is 12.1 Å². The maximum atomic E-state index is 10.8. The van der Waals surface area contributed by atoms with E-state index < -0.39 is 5.97 Å². The molecule has 21 heavy (non-hydrogen) atoms. The van der Waals surface area contributed by atoms with Crippen molar-refractivity contribution in [3.8, 4) is 0 Å². The van der Waals surface area contributed by atoms with Gasteiger partial charge in [0.05, 0.1) is 11.3 Å². The number of rotatable bonds is 5. The topological polar surface area (TPSA) is 67.2 Å². The molecule has 110 valence electrons. The monoisotopic (exact) mass is 285 g/mol. The Morgan fingerprint density at radius 3 is 2.76 bits per heavy atom. The fourth-order valence-corrected chi connectivity index (χ4v) is 2.66. The molecule has 1 aromatic carbocycles. The van der Waals surface area contributed by atoms with Crippen LogP contribution in [0, 0.1) is 0 Å². The maximum absolute atomic E-state index is 10.8. The van der Waals surface area contributed by atoms with Gasteiger partial charge in [0.2, 0.25) is 0 Å². The highest BCUT2D eigenvalue weighted by Crippen LogP contribution is 2.14. The number of carbonyl (C=O) groups is 1. The van der Waals surface area contributed by atoms with E-state index in [0.717, 1.165) is 30.8 Å². The number of imidazole rings is 1. The van der Waals surface area contributed by atoms with E-state index in [9.17, 15) is 4.79 Å². The van der Waals surface area contributed by atoms with Crippen molar-refractivity contribution in [1.29, 1.82) is 0 Å². The number of benzene rings is 1. The lowest BCUT2D eigenvalue weighted by atomic mass is 10.1. The fourth-order valence-electron chi connectivity index (χ4n) is 2.66. The number of carboxylic acid groups (broad SMARTS) is 1. The Bertz CT molecular complexity index is 608. The molecule has 1 aliphatic heterocycles. The standard InChI is InChI=1S/C16H19N3O2/c20-16(21)13-6-4-12(5-7-13)9-17-10-14-11-19-8-2-1-3-15(19)18-14/h4-7,11,17H,1-3,8-10H2,(H,20,21). The summed E-state index contributed by atoms with van der Waals surface area (Å²) in [6.45, 7) is 2.53. The van der Waals surface area contributed by atoms with Crippen LogP contribution >= 0.6 is 0 Å². The molecule has 2 N–H and O–H groups in total. The average molecular weight is 285 g/mol. The number of hydrogen-bond donors (Lipinski definition) is 2. The Hall–Kier alpha value is -2.14. The average Bonchev–Trinajstić information content (AvgIpc) is 2.90. The molecule has 0 fully saturated rings. The molecule has 0 aliphatic carbocycles. The molecule has 0 spiro atoms. The third kappa shape index (κ3) is 3.31. The van der Waals surface area contributed by atoms with Gasteiger partial charge in [0.25, 0.3) is 0 Å². The van der Waals surface area contributed by atoms with Crippen LogP contribution < -0.4 is 5.32 Å². The Kier molecular flexibility index (Phi) is 4.01. The number of fused-ring (bicyclic) bond motifs is 1. The van der Waals surface area contributed by atoms with Crippen molar-refractivity contribution in [1.82, 2.24) is 14.9 Å². The molecule has 1 aliphatic rings. The first-order valence-corrected chi connectivity index (χ1v) is 7.30. The molecule has 5 nitrogen and oxygen atoms in total. The number of hydrogen-bond acceptors (Lipinski definition) is 3. The van der Waals surface area contributed by atoms with Crippen molar-refractivity contribution in [3.63, 3.8) is 0 Å². The van der Waals surface area contributed by atoms with Crippen LogP contribution in [0.15, 0.2) is 30.5 Å². The van der Waals surface area contributed by atoms with Gasteiger partial charge in [-0.25, -0.2) is 9.78 Å². The van der Waals surface area contributed by atoms with Crippen LogP contribution in [0.2, 0.25) is 0 Å². The first-order valence-electron chi connectivity index (χ1n) is 7.30. The molecule has 3 rings (SSSR count). The lowest BCUT2D eigenvalue weighted by molar-refractivity contribution is 0.0697. The summed E-state index contributed by atoms with van der Waals surface area (Å²) in [5.74, 6) is 0.307. The van der Waals surface area contributed by atoms with Crippen LogP contribution in [0.3, 0.4) is 0 Å². The minimum absolute atomic E-state index is 0.320. The highest BCUT2D eigenvalue weighted by atomic mass is 16.4. The molecule has 0 atom stereocenters. The quantitative estimate of drug-likeness (QED) is 0.884. The Morgan fingerprint density at radius 1 is 1.24 bits per heavy atom. The minimum atomic E-state index is -0.891. The number of nitrogens with one attached hydrogen (secondary N) is 1. The van der Waals surface area contributed by atoms with Crippen molar-refractivity contribution in [3.05, 3.63) is 53.1 Å². The second-order valence-corrected chi connectivity index (χ2v) is 5.40. The van der Waals surface area contributed by atoms with Crippen molar-refractivity contribution >= 4 is 5.97 Å². The van der Waals surface area contributed by atoms with E-state index in [-0.39, 0.29) is 0 Å². The van der Waals surface area contributed by atoms with Gasteiger partial charge < -0.3 is 15.0 Å². The smallest absolute Gasteiger partial charge is 0.335 e. The zero-order valence-corrected chi connectivity index (χ0v) is 11.9. The van der Waals surface area contributed by atoms with Crippen LogP contribution in [0.5, 0.6) is 0 Å². The van der Waals surface area contributed by atoms with Gasteiger partial charge in [-0.05, 0) is 30.5 Å². The predicted molar refractivity (Wildman–Crippen MR) is 79.1 cm³/mol. The van der Waals surface area contributed by atoms with Crippen LogP contribution in [0.25, 0.3) is 0 Å². The largest absolute Gasteiger partial charge is 0.478 e. The van der Waals surface area contributed by atoms with Crippen molar-refractivity contribution in [2.75, 3.05) is 0 Å². The summed E-state index contributed by atoms with van der Waals surface area (Å²) in [6, 6.07) is 6.95. The molecule has 2 aromatic rings. The maximum Gasteiger partial charge on any atom is 0.335 e. The summed E-state index contributed by atoms with van der Waals surface area (Å²) in [7, 11) is 0. The normalized spacial score (nSPS) is 13.9. The Balaban J connectivity index is 1.53. The van der Waals surface area contributed by atoms with E-state index >= 15 is 0 Å². The molecule has 0 bridgehead atoms. The van der Waals surface area contributed by atoms with Gasteiger partial charge in [0, 0.05) is 32.3 Å². The van der Waals surface area contributed by atoms with Gasteiger partial charge in [-0.2, -0.15) is 0 Å². The number of aryl methyl sites for hydroxylation is 2. The Labute approximate surface area is 123 Å². The lowest BCUT2D eigenvalue weighted by Gasteiger charge is -2.11. The van der Waals surface area contributed by atoms with E-state index in [4.69, 9.17) is 5.11 Å². The van der Waals surface area contributed by atoms with E-state index in [1.807, 2.05) is 12.1 Å². The van der Waals surface area contributed by atoms with Crippen molar-refractivity contribution < 1.29 is 9.90 Å². The zero-order chi connectivity index (χ0) is 14.7.